The third-order valence-corrected chi connectivity index (χ3v) is 6.68. The van der Waals surface area contributed by atoms with Crippen LogP contribution in [0, 0.1) is 26.7 Å². The molecule has 4 aromatic rings. The molecule has 0 spiro atoms. The topological polar surface area (TPSA) is 38.4 Å². The van der Waals surface area contributed by atoms with Gasteiger partial charge in [-0.1, -0.05) is 31.5 Å². The molecular formula is C26H33N5. The van der Waals surface area contributed by atoms with E-state index in [4.69, 9.17) is 9.97 Å². The van der Waals surface area contributed by atoms with Crippen LogP contribution < -0.4 is 0 Å². The zero-order valence-corrected chi connectivity index (χ0v) is 19.4. The van der Waals surface area contributed by atoms with E-state index in [1.807, 2.05) is 12.3 Å². The first kappa shape index (κ1) is 20.3. The Labute approximate surface area is 184 Å². The first-order valence-corrected chi connectivity index (χ1v) is 11.7. The van der Waals surface area contributed by atoms with Crippen LogP contribution in [0.2, 0.25) is 0 Å². The maximum absolute atomic E-state index is 5.19. The van der Waals surface area contributed by atoms with Crippen molar-refractivity contribution in [1.29, 1.82) is 0 Å². The van der Waals surface area contributed by atoms with Crippen LogP contribution in [0.15, 0.2) is 30.5 Å². The molecule has 1 aliphatic carbocycles. The molecule has 1 fully saturated rings. The van der Waals surface area contributed by atoms with Gasteiger partial charge in [0.2, 0.25) is 5.78 Å². The number of imidazole rings is 2. The Morgan fingerprint density at radius 1 is 1.10 bits per heavy atom. The molecule has 0 unspecified atom stereocenters. The highest BCUT2D eigenvalue weighted by Crippen LogP contribution is 2.33. The third kappa shape index (κ3) is 3.45. The predicted octanol–water partition coefficient (Wildman–Crippen LogP) is 5.39. The average molecular weight is 416 g/mol. The number of fused-ring (bicyclic) bond motifs is 3. The van der Waals surface area contributed by atoms with Crippen molar-refractivity contribution in [2.45, 2.75) is 60.4 Å². The van der Waals surface area contributed by atoms with Gasteiger partial charge in [-0.25, -0.2) is 9.97 Å². The van der Waals surface area contributed by atoms with E-state index in [2.05, 4.69) is 66.7 Å². The Morgan fingerprint density at radius 3 is 2.48 bits per heavy atom. The molecule has 0 amide bonds. The highest BCUT2D eigenvalue weighted by molar-refractivity contribution is 5.81. The quantitative estimate of drug-likeness (QED) is 0.406. The SMILES string of the molecule is CCc1nc2n(-c3c(C)cc(C)cc3C)c3ncccc3n2c1CN(CC)CC1CC1. The molecule has 0 atom stereocenters. The fourth-order valence-corrected chi connectivity index (χ4v) is 5.08. The number of rotatable bonds is 7. The molecule has 3 heterocycles. The molecule has 1 aromatic carbocycles. The minimum atomic E-state index is 0.884. The summed E-state index contributed by atoms with van der Waals surface area (Å²) in [5.74, 6) is 1.87. The van der Waals surface area contributed by atoms with Crippen molar-refractivity contribution in [1.82, 2.24) is 23.8 Å². The standard InChI is InChI=1S/C26H33N5/c1-6-21-23(16-29(7-2)15-20-10-11-20)30-22-9-8-12-27-25(22)31(26(30)28-21)24-18(4)13-17(3)14-19(24)5/h8-9,12-14,20H,6-7,10-11,15-16H2,1-5H3. The van der Waals surface area contributed by atoms with Gasteiger partial charge < -0.3 is 0 Å². The van der Waals surface area contributed by atoms with Crippen LogP contribution in [0.25, 0.3) is 22.6 Å². The van der Waals surface area contributed by atoms with E-state index in [0.29, 0.717) is 0 Å². The van der Waals surface area contributed by atoms with Gasteiger partial charge >= 0.3 is 0 Å². The molecule has 5 rings (SSSR count). The molecule has 1 saturated carbocycles. The number of pyridine rings is 1. The number of aryl methyl sites for hydroxylation is 4. The summed E-state index contributed by atoms with van der Waals surface area (Å²) < 4.78 is 4.65. The van der Waals surface area contributed by atoms with Crippen LogP contribution in [-0.4, -0.2) is 36.9 Å². The summed E-state index contributed by atoms with van der Waals surface area (Å²) in [4.78, 5) is 12.6. The van der Waals surface area contributed by atoms with Crippen molar-refractivity contribution < 1.29 is 0 Å². The molecule has 5 heteroatoms. The number of aromatic nitrogens is 4. The van der Waals surface area contributed by atoms with Crippen molar-refractivity contribution in [3.63, 3.8) is 0 Å². The zero-order chi connectivity index (χ0) is 21.7. The Morgan fingerprint density at radius 2 is 1.84 bits per heavy atom. The Bertz CT molecular complexity index is 1240. The molecule has 3 aromatic heterocycles. The largest absolute Gasteiger partial charge is 0.298 e. The lowest BCUT2D eigenvalue weighted by atomic mass is 10.1. The molecule has 0 N–H and O–H groups in total. The van der Waals surface area contributed by atoms with Gasteiger partial charge in [0.15, 0.2) is 5.65 Å². The lowest BCUT2D eigenvalue weighted by Crippen LogP contribution is -2.26. The second-order valence-electron chi connectivity index (χ2n) is 9.19. The summed E-state index contributed by atoms with van der Waals surface area (Å²) >= 11 is 0. The summed E-state index contributed by atoms with van der Waals surface area (Å²) in [7, 11) is 0. The van der Waals surface area contributed by atoms with E-state index < -0.39 is 0 Å². The van der Waals surface area contributed by atoms with Crippen LogP contribution in [0.1, 0.15) is 54.8 Å². The highest BCUT2D eigenvalue weighted by atomic mass is 15.3. The second kappa shape index (κ2) is 7.79. The highest BCUT2D eigenvalue weighted by Gasteiger charge is 2.27. The van der Waals surface area contributed by atoms with Gasteiger partial charge in [-0.2, -0.15) is 0 Å². The fourth-order valence-electron chi connectivity index (χ4n) is 5.08. The average Bonchev–Trinajstić information content (AvgIpc) is 3.41. The lowest BCUT2D eigenvalue weighted by molar-refractivity contribution is 0.264. The van der Waals surface area contributed by atoms with Crippen molar-refractivity contribution >= 4 is 16.9 Å². The van der Waals surface area contributed by atoms with Gasteiger partial charge in [0.1, 0.15) is 0 Å². The van der Waals surface area contributed by atoms with E-state index in [9.17, 15) is 0 Å². The van der Waals surface area contributed by atoms with Crippen molar-refractivity contribution in [3.05, 3.63) is 58.5 Å². The zero-order valence-electron chi connectivity index (χ0n) is 19.4. The van der Waals surface area contributed by atoms with Crippen LogP contribution in [0.4, 0.5) is 0 Å². The van der Waals surface area contributed by atoms with Crippen LogP contribution in [0.5, 0.6) is 0 Å². The smallest absolute Gasteiger partial charge is 0.221 e. The van der Waals surface area contributed by atoms with E-state index in [1.165, 1.54) is 53.2 Å². The Hall–Kier alpha value is -2.66. The molecular weight excluding hydrogens is 382 g/mol. The maximum Gasteiger partial charge on any atom is 0.221 e. The Balaban J connectivity index is 1.77. The monoisotopic (exact) mass is 415 g/mol. The minimum Gasteiger partial charge on any atom is -0.298 e. The number of nitrogens with zero attached hydrogens (tertiary/aromatic N) is 5. The van der Waals surface area contributed by atoms with E-state index in [1.54, 1.807) is 0 Å². The molecule has 0 radical (unpaired) electrons. The number of hydrogen-bond donors (Lipinski definition) is 0. The third-order valence-electron chi connectivity index (χ3n) is 6.68. The summed E-state index contributed by atoms with van der Waals surface area (Å²) in [6.45, 7) is 14.2. The lowest BCUT2D eigenvalue weighted by Gasteiger charge is -2.20. The van der Waals surface area contributed by atoms with Crippen LogP contribution in [-0.2, 0) is 13.0 Å². The fraction of sp³-hybridized carbons (Fsp3) is 0.462. The van der Waals surface area contributed by atoms with Gasteiger partial charge in [0.05, 0.1) is 22.6 Å². The second-order valence-corrected chi connectivity index (χ2v) is 9.19. The van der Waals surface area contributed by atoms with Gasteiger partial charge in [0, 0.05) is 19.3 Å². The predicted molar refractivity (Wildman–Crippen MR) is 127 cm³/mol. The number of hydrogen-bond acceptors (Lipinski definition) is 3. The van der Waals surface area contributed by atoms with Crippen molar-refractivity contribution in [2.75, 3.05) is 13.1 Å². The van der Waals surface area contributed by atoms with Crippen LogP contribution in [0.3, 0.4) is 0 Å². The summed E-state index contributed by atoms with van der Waals surface area (Å²) in [5.41, 5.74) is 9.65. The molecule has 0 saturated heterocycles. The van der Waals surface area contributed by atoms with Crippen molar-refractivity contribution in [2.24, 2.45) is 5.92 Å². The van der Waals surface area contributed by atoms with E-state index in [-0.39, 0.29) is 0 Å². The van der Waals surface area contributed by atoms with E-state index >= 15 is 0 Å². The molecule has 5 nitrogen and oxygen atoms in total. The summed E-state index contributed by atoms with van der Waals surface area (Å²) in [6.07, 6.45) is 5.59. The molecule has 1 aliphatic rings. The van der Waals surface area contributed by atoms with Gasteiger partial charge in [0.25, 0.3) is 0 Å². The minimum absolute atomic E-state index is 0.884. The van der Waals surface area contributed by atoms with Crippen LogP contribution >= 0.6 is 0 Å². The van der Waals surface area contributed by atoms with Crippen molar-refractivity contribution in [3.8, 4) is 5.69 Å². The van der Waals surface area contributed by atoms with Gasteiger partial charge in [-0.3, -0.25) is 13.9 Å². The first-order valence-electron chi connectivity index (χ1n) is 11.7. The summed E-state index contributed by atoms with van der Waals surface area (Å²) in [5, 5.41) is 0. The number of benzene rings is 1. The van der Waals surface area contributed by atoms with Gasteiger partial charge in [-0.15, -0.1) is 0 Å². The van der Waals surface area contributed by atoms with Gasteiger partial charge in [-0.05, 0) is 75.8 Å². The Kier molecular flexibility index (Phi) is 5.09. The van der Waals surface area contributed by atoms with E-state index in [0.717, 1.165) is 42.4 Å². The maximum atomic E-state index is 5.19. The first-order chi connectivity index (χ1) is 15.0. The summed E-state index contributed by atoms with van der Waals surface area (Å²) in [6, 6.07) is 8.74. The molecule has 0 bridgehead atoms. The molecule has 31 heavy (non-hydrogen) atoms. The molecule has 162 valence electrons. The normalized spacial score (nSPS) is 14.4. The molecule has 0 aliphatic heterocycles.